The van der Waals surface area contributed by atoms with Crippen molar-refractivity contribution in [3.8, 4) is 0 Å². The highest BCUT2D eigenvalue weighted by Gasteiger charge is 2.27. The molecule has 2 heterocycles. The van der Waals surface area contributed by atoms with Crippen LogP contribution in [0.2, 0.25) is 5.02 Å². The van der Waals surface area contributed by atoms with E-state index < -0.39 is 0 Å². The summed E-state index contributed by atoms with van der Waals surface area (Å²) in [6, 6.07) is 15.5. The molecule has 0 saturated carbocycles. The van der Waals surface area contributed by atoms with Gasteiger partial charge in [-0.15, -0.1) is 11.3 Å². The first-order valence-electron chi connectivity index (χ1n) is 8.55. The van der Waals surface area contributed by atoms with Crippen LogP contribution >= 0.6 is 22.9 Å². The third-order valence-corrected chi connectivity index (χ3v) is 5.94. The van der Waals surface area contributed by atoms with Crippen molar-refractivity contribution < 1.29 is 4.79 Å². The minimum atomic E-state index is 0.0431. The van der Waals surface area contributed by atoms with Crippen LogP contribution in [0.1, 0.15) is 28.2 Å². The van der Waals surface area contributed by atoms with E-state index >= 15 is 0 Å². The van der Waals surface area contributed by atoms with E-state index in [1.807, 2.05) is 24.3 Å². The standard InChI is InChI=1S/C20H19ClN2OS/c21-16-7-3-5-14(11-16)20(24)15-6-4-10-23(12-15)13-19-22-17-8-1-2-9-18(17)25-19/h1-3,5,7-9,11,15H,4,6,10,12-13H2/t15-/m0/s1. The van der Waals surface area contributed by atoms with E-state index in [9.17, 15) is 4.79 Å². The van der Waals surface area contributed by atoms with Gasteiger partial charge >= 0.3 is 0 Å². The largest absolute Gasteiger partial charge is 0.296 e. The predicted molar refractivity (Wildman–Crippen MR) is 103 cm³/mol. The minimum Gasteiger partial charge on any atom is -0.296 e. The maximum atomic E-state index is 12.8. The van der Waals surface area contributed by atoms with Crippen molar-refractivity contribution >= 4 is 38.9 Å². The molecule has 0 bridgehead atoms. The van der Waals surface area contributed by atoms with Crippen LogP contribution in [0.15, 0.2) is 48.5 Å². The number of hydrogen-bond acceptors (Lipinski definition) is 4. The number of piperidine rings is 1. The van der Waals surface area contributed by atoms with Crippen molar-refractivity contribution in [2.45, 2.75) is 19.4 Å². The van der Waals surface area contributed by atoms with Crippen molar-refractivity contribution in [1.82, 2.24) is 9.88 Å². The van der Waals surface area contributed by atoms with Gasteiger partial charge in [0.1, 0.15) is 5.01 Å². The van der Waals surface area contributed by atoms with Gasteiger partial charge < -0.3 is 0 Å². The molecule has 5 heteroatoms. The zero-order valence-corrected chi connectivity index (χ0v) is 15.4. The molecule has 1 fully saturated rings. The normalized spacial score (nSPS) is 18.5. The molecule has 1 aliphatic heterocycles. The zero-order chi connectivity index (χ0) is 17.2. The minimum absolute atomic E-state index is 0.0431. The molecule has 1 aromatic heterocycles. The first kappa shape index (κ1) is 16.7. The summed E-state index contributed by atoms with van der Waals surface area (Å²) in [5.74, 6) is 0.248. The van der Waals surface area contributed by atoms with Crippen LogP contribution < -0.4 is 0 Å². The fraction of sp³-hybridized carbons (Fsp3) is 0.300. The third kappa shape index (κ3) is 3.76. The van der Waals surface area contributed by atoms with Gasteiger partial charge in [-0.25, -0.2) is 4.98 Å². The molecule has 0 aliphatic carbocycles. The number of carbonyl (C=O) groups excluding carboxylic acids is 1. The molecule has 0 spiro atoms. The number of aromatic nitrogens is 1. The molecule has 0 radical (unpaired) electrons. The second-order valence-corrected chi connectivity index (χ2v) is 8.08. The van der Waals surface area contributed by atoms with Crippen LogP contribution in [0.4, 0.5) is 0 Å². The second kappa shape index (κ2) is 7.24. The highest BCUT2D eigenvalue weighted by atomic mass is 35.5. The van der Waals surface area contributed by atoms with Gasteiger partial charge in [-0.3, -0.25) is 9.69 Å². The molecule has 0 N–H and O–H groups in total. The van der Waals surface area contributed by atoms with Crippen molar-refractivity contribution in [3.05, 3.63) is 64.1 Å². The van der Waals surface area contributed by atoms with Gasteiger partial charge in [0, 0.05) is 23.0 Å². The zero-order valence-electron chi connectivity index (χ0n) is 13.8. The Kier molecular flexibility index (Phi) is 4.84. The topological polar surface area (TPSA) is 33.2 Å². The molecule has 4 rings (SSSR count). The summed E-state index contributed by atoms with van der Waals surface area (Å²) in [6.45, 7) is 2.63. The Bertz CT molecular complexity index is 874. The summed E-state index contributed by atoms with van der Waals surface area (Å²) in [5, 5.41) is 1.74. The van der Waals surface area contributed by atoms with Gasteiger partial charge in [0.15, 0.2) is 5.78 Å². The van der Waals surface area contributed by atoms with E-state index in [0.29, 0.717) is 5.02 Å². The molecule has 1 atom stereocenters. The molecule has 0 unspecified atom stereocenters. The lowest BCUT2D eigenvalue weighted by Gasteiger charge is -2.31. The summed E-state index contributed by atoms with van der Waals surface area (Å²) in [4.78, 5) is 19.9. The quantitative estimate of drug-likeness (QED) is 0.603. The Hall–Kier alpha value is -1.75. The lowest BCUT2D eigenvalue weighted by Crippen LogP contribution is -2.38. The van der Waals surface area contributed by atoms with Crippen molar-refractivity contribution in [3.63, 3.8) is 0 Å². The molecule has 128 valence electrons. The van der Waals surface area contributed by atoms with E-state index in [1.54, 1.807) is 23.5 Å². The molecular weight excluding hydrogens is 352 g/mol. The van der Waals surface area contributed by atoms with E-state index in [0.717, 1.165) is 48.6 Å². The van der Waals surface area contributed by atoms with E-state index in [-0.39, 0.29) is 11.7 Å². The molecule has 1 saturated heterocycles. The number of ketones is 1. The average molecular weight is 371 g/mol. The number of hydrogen-bond donors (Lipinski definition) is 0. The lowest BCUT2D eigenvalue weighted by atomic mass is 9.90. The second-order valence-electron chi connectivity index (χ2n) is 6.52. The summed E-state index contributed by atoms with van der Waals surface area (Å²) < 4.78 is 1.22. The Morgan fingerprint density at radius 3 is 2.96 bits per heavy atom. The maximum Gasteiger partial charge on any atom is 0.167 e. The molecular formula is C20H19ClN2OS. The number of halogens is 1. The Morgan fingerprint density at radius 1 is 1.24 bits per heavy atom. The summed E-state index contributed by atoms with van der Waals surface area (Å²) in [7, 11) is 0. The van der Waals surface area contributed by atoms with Crippen molar-refractivity contribution in [2.75, 3.05) is 13.1 Å². The molecule has 3 aromatic rings. The third-order valence-electron chi connectivity index (χ3n) is 4.68. The van der Waals surface area contributed by atoms with Gasteiger partial charge in [0.25, 0.3) is 0 Å². The number of rotatable bonds is 4. The van der Waals surface area contributed by atoms with Gasteiger partial charge in [-0.2, -0.15) is 0 Å². The first-order valence-corrected chi connectivity index (χ1v) is 9.75. The lowest BCUT2D eigenvalue weighted by molar-refractivity contribution is 0.0811. The van der Waals surface area contributed by atoms with E-state index in [1.165, 1.54) is 4.70 Å². The Balaban J connectivity index is 1.46. The monoisotopic (exact) mass is 370 g/mol. The summed E-state index contributed by atoms with van der Waals surface area (Å²) in [6.07, 6.45) is 1.99. The number of para-hydroxylation sites is 1. The van der Waals surface area contributed by atoms with Crippen molar-refractivity contribution in [1.29, 1.82) is 0 Å². The van der Waals surface area contributed by atoms with Crippen LogP contribution in [0.25, 0.3) is 10.2 Å². The molecule has 3 nitrogen and oxygen atoms in total. The Labute approximate surface area is 156 Å². The fourth-order valence-electron chi connectivity index (χ4n) is 3.47. The Morgan fingerprint density at radius 2 is 2.12 bits per heavy atom. The molecule has 0 amide bonds. The van der Waals surface area contributed by atoms with Crippen LogP contribution in [0.3, 0.4) is 0 Å². The van der Waals surface area contributed by atoms with E-state index in [2.05, 4.69) is 17.0 Å². The maximum absolute atomic E-state index is 12.8. The van der Waals surface area contributed by atoms with Crippen molar-refractivity contribution in [2.24, 2.45) is 5.92 Å². The smallest absolute Gasteiger partial charge is 0.167 e. The SMILES string of the molecule is O=C(c1cccc(Cl)c1)[C@H]1CCCN(Cc2nc3ccccc3s2)C1. The summed E-state index contributed by atoms with van der Waals surface area (Å²) >= 11 is 7.78. The fourth-order valence-corrected chi connectivity index (χ4v) is 4.67. The highest BCUT2D eigenvalue weighted by molar-refractivity contribution is 7.18. The number of carbonyl (C=O) groups is 1. The molecule has 1 aliphatic rings. The van der Waals surface area contributed by atoms with E-state index in [4.69, 9.17) is 16.6 Å². The number of fused-ring (bicyclic) bond motifs is 1. The average Bonchev–Trinajstić information content (AvgIpc) is 3.03. The van der Waals surface area contributed by atoms with Gasteiger partial charge in [0.2, 0.25) is 0 Å². The number of nitrogens with zero attached hydrogens (tertiary/aromatic N) is 2. The predicted octanol–water partition coefficient (Wildman–Crippen LogP) is 5.04. The molecule has 25 heavy (non-hydrogen) atoms. The first-order chi connectivity index (χ1) is 12.2. The number of Topliss-reactive ketones (excluding diaryl/α,β-unsaturated/α-hetero) is 1. The van der Waals surface area contributed by atoms with Crippen LogP contribution in [0, 0.1) is 5.92 Å². The van der Waals surface area contributed by atoms with Crippen LogP contribution in [-0.2, 0) is 6.54 Å². The molecule has 2 aromatic carbocycles. The number of benzene rings is 2. The van der Waals surface area contributed by atoms with Gasteiger partial charge in [-0.05, 0) is 43.7 Å². The number of thiazole rings is 1. The highest BCUT2D eigenvalue weighted by Crippen LogP contribution is 2.26. The van der Waals surface area contributed by atoms with Gasteiger partial charge in [-0.1, -0.05) is 35.9 Å². The van der Waals surface area contributed by atoms with Crippen LogP contribution in [-0.4, -0.2) is 28.8 Å². The summed E-state index contributed by atoms with van der Waals surface area (Å²) in [5.41, 5.74) is 1.78. The van der Waals surface area contributed by atoms with Gasteiger partial charge in [0.05, 0.1) is 16.8 Å². The van der Waals surface area contributed by atoms with Crippen LogP contribution in [0.5, 0.6) is 0 Å². The number of likely N-dealkylation sites (tertiary alicyclic amines) is 1.